The van der Waals surface area contributed by atoms with Crippen LogP contribution in [0.2, 0.25) is 0 Å². The fourth-order valence-corrected chi connectivity index (χ4v) is 3.27. The molecule has 2 aliphatic rings. The van der Waals surface area contributed by atoms with Gasteiger partial charge in [0.1, 0.15) is 5.76 Å². The molecule has 0 bridgehead atoms. The summed E-state index contributed by atoms with van der Waals surface area (Å²) in [4.78, 5) is 19.2. The first-order valence-corrected chi connectivity index (χ1v) is 9.71. The van der Waals surface area contributed by atoms with Crippen LogP contribution in [0.4, 0.5) is 5.95 Å². The number of nitrogens with one attached hydrogen (secondary N) is 1. The highest BCUT2D eigenvalue weighted by molar-refractivity contribution is 5.84. The topological polar surface area (TPSA) is 83.3 Å². The van der Waals surface area contributed by atoms with Gasteiger partial charge in [-0.2, -0.15) is 9.67 Å². The number of hydrogen-bond acceptors (Lipinski definition) is 6. The fourth-order valence-electron chi connectivity index (χ4n) is 3.27. The van der Waals surface area contributed by atoms with E-state index in [1.807, 2.05) is 49.5 Å². The van der Waals surface area contributed by atoms with Gasteiger partial charge in [0, 0.05) is 36.0 Å². The standard InChI is InChI=1S/C23H23N5O2/c1-16-8-10-18(11-9-16)22-25-23-24-19(12-13-21(30)28(23)26-22)15-27-14-4-7-20(27)6-3-5-17(2)29/h3-6,8-12,14,29H,2,7,13,15H2,1H3,(H,24,25,26)/b5-3-,20-6+. The molecule has 0 radical (unpaired) electrons. The van der Waals surface area contributed by atoms with Gasteiger partial charge < -0.3 is 15.3 Å². The lowest BCUT2D eigenvalue weighted by molar-refractivity contribution is 0.0905. The first-order valence-electron chi connectivity index (χ1n) is 9.71. The lowest BCUT2D eigenvalue weighted by atomic mass is 10.1. The van der Waals surface area contributed by atoms with Gasteiger partial charge in [0.2, 0.25) is 5.95 Å². The Bertz CT molecular complexity index is 1100. The summed E-state index contributed by atoms with van der Waals surface area (Å²) in [6, 6.07) is 7.89. The Hall–Kier alpha value is -3.87. The third-order valence-corrected chi connectivity index (χ3v) is 4.85. The van der Waals surface area contributed by atoms with Crippen molar-refractivity contribution in [3.8, 4) is 11.4 Å². The molecule has 1 aromatic carbocycles. The number of nitrogens with zero attached hydrogens (tertiary/aromatic N) is 4. The third kappa shape index (κ3) is 4.25. The maximum atomic E-state index is 12.6. The number of carbonyl (C=O) groups excluding carboxylic acids is 1. The minimum Gasteiger partial charge on any atom is -0.509 e. The molecule has 0 saturated heterocycles. The number of fused-ring (bicyclic) bond motifs is 1. The summed E-state index contributed by atoms with van der Waals surface area (Å²) < 4.78 is 1.34. The Morgan fingerprint density at radius 2 is 2.10 bits per heavy atom. The van der Waals surface area contributed by atoms with Crippen molar-refractivity contribution in [3.63, 3.8) is 0 Å². The van der Waals surface area contributed by atoms with Gasteiger partial charge in [-0.25, -0.2) is 0 Å². The van der Waals surface area contributed by atoms with Gasteiger partial charge in [0.15, 0.2) is 5.82 Å². The van der Waals surface area contributed by atoms with Gasteiger partial charge in [-0.05, 0) is 19.1 Å². The van der Waals surface area contributed by atoms with Crippen molar-refractivity contribution < 1.29 is 9.90 Å². The molecule has 2 aliphatic heterocycles. The van der Waals surface area contributed by atoms with Crippen LogP contribution >= 0.6 is 0 Å². The lowest BCUT2D eigenvalue weighted by Crippen LogP contribution is -2.20. The molecule has 2 aromatic rings. The van der Waals surface area contributed by atoms with Gasteiger partial charge in [0.25, 0.3) is 5.91 Å². The molecule has 0 amide bonds. The van der Waals surface area contributed by atoms with E-state index in [4.69, 9.17) is 0 Å². The summed E-state index contributed by atoms with van der Waals surface area (Å²) >= 11 is 0. The first-order chi connectivity index (χ1) is 14.5. The SMILES string of the molecule is C=C(O)/C=C\C=C1/CC=CN1CC1=CCC(=O)n2nc(-c3ccc(C)cc3)nc2N1. The molecule has 1 aromatic heterocycles. The highest BCUT2D eigenvalue weighted by Crippen LogP contribution is 2.24. The van der Waals surface area contributed by atoms with Crippen LogP contribution in [0.25, 0.3) is 11.4 Å². The molecule has 0 saturated carbocycles. The van der Waals surface area contributed by atoms with Crippen molar-refractivity contribution in [3.05, 3.63) is 90.1 Å². The number of anilines is 1. The molecular formula is C23H23N5O2. The Balaban J connectivity index is 1.53. The molecule has 2 N–H and O–H groups in total. The Labute approximate surface area is 175 Å². The van der Waals surface area contributed by atoms with E-state index in [-0.39, 0.29) is 18.1 Å². The second-order valence-electron chi connectivity index (χ2n) is 7.21. The van der Waals surface area contributed by atoms with Gasteiger partial charge in [-0.3, -0.25) is 4.79 Å². The molecule has 0 atom stereocenters. The molecule has 7 nitrogen and oxygen atoms in total. The molecule has 152 valence electrons. The van der Waals surface area contributed by atoms with Crippen molar-refractivity contribution >= 4 is 11.9 Å². The van der Waals surface area contributed by atoms with Crippen LogP contribution in [0.5, 0.6) is 0 Å². The maximum absolute atomic E-state index is 12.6. The Kier molecular flexibility index (Phi) is 5.34. The predicted molar refractivity (Wildman–Crippen MR) is 117 cm³/mol. The summed E-state index contributed by atoms with van der Waals surface area (Å²) in [7, 11) is 0. The normalized spacial score (nSPS) is 17.2. The third-order valence-electron chi connectivity index (χ3n) is 4.85. The lowest BCUT2D eigenvalue weighted by Gasteiger charge is -2.20. The summed E-state index contributed by atoms with van der Waals surface area (Å²) in [6.45, 7) is 6.03. The van der Waals surface area contributed by atoms with Crippen molar-refractivity contribution in [2.45, 2.75) is 19.8 Å². The highest BCUT2D eigenvalue weighted by Gasteiger charge is 2.22. The van der Waals surface area contributed by atoms with Crippen molar-refractivity contribution in [1.29, 1.82) is 0 Å². The zero-order chi connectivity index (χ0) is 21.1. The summed E-state index contributed by atoms with van der Waals surface area (Å²) in [6.07, 6.45) is 12.2. The van der Waals surface area contributed by atoms with E-state index in [0.717, 1.165) is 28.9 Å². The monoisotopic (exact) mass is 401 g/mol. The minimum absolute atomic E-state index is 0.0136. The van der Waals surface area contributed by atoms with Crippen LogP contribution in [0.1, 0.15) is 23.2 Å². The number of carbonyl (C=O) groups is 1. The van der Waals surface area contributed by atoms with E-state index >= 15 is 0 Å². The quantitative estimate of drug-likeness (QED) is 0.573. The summed E-state index contributed by atoms with van der Waals surface area (Å²) in [5, 5.41) is 16.9. The number of rotatable bonds is 5. The fraction of sp³-hybridized carbons (Fsp3) is 0.174. The molecule has 0 fully saturated rings. The zero-order valence-corrected chi connectivity index (χ0v) is 16.7. The maximum Gasteiger partial charge on any atom is 0.253 e. The van der Waals surface area contributed by atoms with Crippen LogP contribution in [0.15, 0.2) is 84.6 Å². The van der Waals surface area contributed by atoms with Crippen molar-refractivity contribution in [1.82, 2.24) is 19.7 Å². The molecule has 3 heterocycles. The van der Waals surface area contributed by atoms with E-state index in [0.29, 0.717) is 18.3 Å². The molecule has 4 rings (SSSR count). The average molecular weight is 401 g/mol. The molecular weight excluding hydrogens is 378 g/mol. The van der Waals surface area contributed by atoms with Crippen molar-refractivity contribution in [2.75, 3.05) is 11.9 Å². The van der Waals surface area contributed by atoms with E-state index in [9.17, 15) is 9.90 Å². The molecule has 0 spiro atoms. The predicted octanol–water partition coefficient (Wildman–Crippen LogP) is 4.32. The van der Waals surface area contributed by atoms with Gasteiger partial charge in [0.05, 0.1) is 6.54 Å². The number of benzene rings is 1. The number of aliphatic hydroxyl groups is 1. The molecule has 0 unspecified atom stereocenters. The highest BCUT2D eigenvalue weighted by atomic mass is 16.3. The van der Waals surface area contributed by atoms with Crippen LogP contribution in [-0.2, 0) is 0 Å². The van der Waals surface area contributed by atoms with Crippen LogP contribution in [0, 0.1) is 6.92 Å². The second-order valence-corrected chi connectivity index (χ2v) is 7.21. The summed E-state index contributed by atoms with van der Waals surface area (Å²) in [5.41, 5.74) is 3.97. The van der Waals surface area contributed by atoms with Gasteiger partial charge in [-0.1, -0.05) is 54.6 Å². The number of allylic oxidation sites excluding steroid dienone is 5. The largest absolute Gasteiger partial charge is 0.509 e. The Morgan fingerprint density at radius 1 is 1.30 bits per heavy atom. The van der Waals surface area contributed by atoms with E-state index in [1.165, 1.54) is 4.68 Å². The van der Waals surface area contributed by atoms with Crippen LogP contribution in [0.3, 0.4) is 0 Å². The smallest absolute Gasteiger partial charge is 0.253 e. The minimum atomic E-state index is -0.129. The van der Waals surface area contributed by atoms with E-state index in [1.54, 1.807) is 12.2 Å². The zero-order valence-electron chi connectivity index (χ0n) is 16.7. The molecule has 30 heavy (non-hydrogen) atoms. The molecule has 0 aliphatic carbocycles. The molecule has 7 heteroatoms. The van der Waals surface area contributed by atoms with Gasteiger partial charge >= 0.3 is 0 Å². The van der Waals surface area contributed by atoms with Crippen LogP contribution in [-0.4, -0.2) is 37.2 Å². The average Bonchev–Trinajstić information content (AvgIpc) is 3.30. The van der Waals surface area contributed by atoms with E-state index in [2.05, 4.69) is 33.0 Å². The summed E-state index contributed by atoms with van der Waals surface area (Å²) in [5.74, 6) is 0.822. The first kappa shape index (κ1) is 19.4. The van der Waals surface area contributed by atoms with E-state index < -0.39 is 0 Å². The number of aromatic nitrogens is 3. The second kappa shape index (κ2) is 8.24. The number of hydrogen-bond donors (Lipinski definition) is 2. The van der Waals surface area contributed by atoms with Crippen molar-refractivity contribution in [2.24, 2.45) is 0 Å². The number of aryl methyl sites for hydroxylation is 1. The van der Waals surface area contributed by atoms with Gasteiger partial charge in [-0.15, -0.1) is 5.10 Å². The van der Waals surface area contributed by atoms with Crippen LogP contribution < -0.4 is 5.32 Å². The number of aliphatic hydroxyl groups excluding tert-OH is 1. The Morgan fingerprint density at radius 3 is 2.87 bits per heavy atom.